The highest BCUT2D eigenvalue weighted by molar-refractivity contribution is 7.99. The number of methoxy groups -OCH3 is 1. The van der Waals surface area contributed by atoms with Crippen molar-refractivity contribution in [3.05, 3.63) is 51.8 Å². The van der Waals surface area contributed by atoms with Gasteiger partial charge in [-0.05, 0) is 69.9 Å². The van der Waals surface area contributed by atoms with Gasteiger partial charge < -0.3 is 18.8 Å². The smallest absolute Gasteiger partial charge is 0.344 e. The first kappa shape index (κ1) is 24.6. The van der Waals surface area contributed by atoms with Gasteiger partial charge in [0.25, 0.3) is 5.56 Å². The van der Waals surface area contributed by atoms with Gasteiger partial charge in [-0.3, -0.25) is 4.79 Å². The Hall–Kier alpha value is -2.51. The number of rotatable bonds is 9. The number of fused-ring (bicyclic) bond motifs is 3. The summed E-state index contributed by atoms with van der Waals surface area (Å²) < 4.78 is 18.5. The van der Waals surface area contributed by atoms with Crippen LogP contribution in [0.1, 0.15) is 79.7 Å². The van der Waals surface area contributed by atoms with Gasteiger partial charge in [0.05, 0.1) is 18.4 Å². The van der Waals surface area contributed by atoms with Gasteiger partial charge in [-0.1, -0.05) is 6.58 Å². The van der Waals surface area contributed by atoms with Crippen molar-refractivity contribution in [2.45, 2.75) is 69.2 Å². The fourth-order valence-corrected chi connectivity index (χ4v) is 5.44. The van der Waals surface area contributed by atoms with Crippen molar-refractivity contribution < 1.29 is 19.0 Å². The Kier molecular flexibility index (Phi) is 7.24. The average Bonchev–Trinajstić information content (AvgIpc) is 3.60. The molecule has 0 radical (unpaired) electrons. The van der Waals surface area contributed by atoms with Crippen LogP contribution in [0.3, 0.4) is 0 Å². The summed E-state index contributed by atoms with van der Waals surface area (Å²) in [6.45, 7) is 13.0. The minimum absolute atomic E-state index is 0.0655. The number of hydrogen-bond donors (Lipinski definition) is 0. The molecule has 0 amide bonds. The third kappa shape index (κ3) is 4.82. The number of carbonyl (C=O) groups excluding carboxylic acids is 1. The lowest BCUT2D eigenvalue weighted by Crippen LogP contribution is -2.31. The second kappa shape index (κ2) is 10.0. The van der Waals surface area contributed by atoms with Crippen LogP contribution in [0.2, 0.25) is 0 Å². The van der Waals surface area contributed by atoms with Crippen molar-refractivity contribution in [1.29, 1.82) is 0 Å². The summed E-state index contributed by atoms with van der Waals surface area (Å²) in [5, 5.41) is 0.0655. The zero-order chi connectivity index (χ0) is 24.6. The van der Waals surface area contributed by atoms with E-state index < -0.39 is 5.97 Å². The summed E-state index contributed by atoms with van der Waals surface area (Å²) in [7, 11) is 1.68. The molecule has 1 atom stereocenters. The van der Waals surface area contributed by atoms with Gasteiger partial charge in [-0.2, -0.15) is 0 Å². The number of benzene rings is 1. The molecular weight excluding hydrogens is 450 g/mol. The maximum absolute atomic E-state index is 13.6. The zero-order valence-electron chi connectivity index (χ0n) is 20.6. The molecule has 7 heteroatoms. The normalized spacial score (nSPS) is 16.7. The fourth-order valence-electron chi connectivity index (χ4n) is 4.29. The maximum Gasteiger partial charge on any atom is 0.344 e. The number of aromatic nitrogens is 1. The van der Waals surface area contributed by atoms with E-state index in [-0.39, 0.29) is 28.5 Å². The van der Waals surface area contributed by atoms with Crippen molar-refractivity contribution in [2.24, 2.45) is 0 Å². The molecule has 0 spiro atoms. The number of nitrogens with zero attached hydrogens (tertiary/aromatic N) is 1. The molecule has 0 saturated heterocycles. The van der Waals surface area contributed by atoms with Crippen molar-refractivity contribution in [1.82, 2.24) is 4.57 Å². The molecule has 34 heavy (non-hydrogen) atoms. The van der Waals surface area contributed by atoms with Crippen LogP contribution in [-0.4, -0.2) is 37.0 Å². The number of thioether (sulfide) groups is 1. The minimum atomic E-state index is -0.553. The van der Waals surface area contributed by atoms with E-state index in [1.165, 1.54) is 0 Å². The monoisotopic (exact) mass is 483 g/mol. The lowest BCUT2D eigenvalue weighted by Gasteiger charge is -2.29. The highest BCUT2D eigenvalue weighted by atomic mass is 32.2. The molecular formula is C27H33NO5S. The number of ether oxygens (including phenoxy) is 3. The highest BCUT2D eigenvalue weighted by Crippen LogP contribution is 2.52. The first-order chi connectivity index (χ1) is 16.2. The third-order valence-corrected chi connectivity index (χ3v) is 7.23. The van der Waals surface area contributed by atoms with E-state index in [0.29, 0.717) is 13.2 Å². The van der Waals surface area contributed by atoms with Gasteiger partial charge in [-0.25, -0.2) is 4.79 Å². The largest absolute Gasteiger partial charge is 0.493 e. The van der Waals surface area contributed by atoms with Crippen LogP contribution < -0.4 is 10.3 Å². The van der Waals surface area contributed by atoms with Crippen LogP contribution >= 0.6 is 11.8 Å². The van der Waals surface area contributed by atoms with Gasteiger partial charge in [0.15, 0.2) is 0 Å². The lowest BCUT2D eigenvalue weighted by atomic mass is 9.96. The summed E-state index contributed by atoms with van der Waals surface area (Å²) in [4.78, 5) is 27.4. The van der Waals surface area contributed by atoms with E-state index in [4.69, 9.17) is 14.2 Å². The van der Waals surface area contributed by atoms with E-state index in [2.05, 4.69) is 25.6 Å². The summed E-state index contributed by atoms with van der Waals surface area (Å²) in [5.74, 6) is 0.241. The number of carbonyl (C=O) groups is 1. The van der Waals surface area contributed by atoms with E-state index in [1.54, 1.807) is 38.8 Å². The van der Waals surface area contributed by atoms with Crippen molar-refractivity contribution in [3.63, 3.8) is 0 Å². The standard InChI is InChI=1S/C27H33NO5S/c1-15(2)19-12-21-24(14-23(19)32-11-7-10-31-6)34-17(5)20-13-22(27(30)33-16(3)4)26(29)28(25(20)21)18-8-9-18/h12-14,16-18H,1,7-11H2,2-6H3. The zero-order valence-corrected chi connectivity index (χ0v) is 21.4. The Balaban J connectivity index is 1.87. The molecule has 0 N–H and O–H groups in total. The SMILES string of the molecule is C=C(C)c1cc2c(cc1OCCCOC)SC(C)c1cc(C(=O)OC(C)C)c(=O)n(C3CC3)c1-2. The van der Waals surface area contributed by atoms with Crippen LogP contribution in [0.4, 0.5) is 0 Å². The minimum Gasteiger partial charge on any atom is -0.493 e. The molecule has 1 saturated carbocycles. The lowest BCUT2D eigenvalue weighted by molar-refractivity contribution is 0.0375. The third-order valence-electron chi connectivity index (χ3n) is 6.03. The Bertz CT molecular complexity index is 1180. The summed E-state index contributed by atoms with van der Waals surface area (Å²) in [6.07, 6.45) is 2.37. The van der Waals surface area contributed by atoms with Crippen LogP contribution in [0.25, 0.3) is 16.8 Å². The van der Waals surface area contributed by atoms with Gasteiger partial charge >= 0.3 is 5.97 Å². The second-order valence-corrected chi connectivity index (χ2v) is 10.7. The quantitative estimate of drug-likeness (QED) is 0.320. The van der Waals surface area contributed by atoms with Crippen molar-refractivity contribution in [3.8, 4) is 17.0 Å². The summed E-state index contributed by atoms with van der Waals surface area (Å²) in [6, 6.07) is 6.01. The first-order valence-corrected chi connectivity index (χ1v) is 12.7. The topological polar surface area (TPSA) is 66.8 Å². The van der Waals surface area contributed by atoms with Gasteiger partial charge in [-0.15, -0.1) is 11.8 Å². The van der Waals surface area contributed by atoms with E-state index in [1.807, 2.05) is 11.5 Å². The molecule has 2 heterocycles. The number of hydrogen-bond acceptors (Lipinski definition) is 6. The number of pyridine rings is 1. The predicted octanol–water partition coefficient (Wildman–Crippen LogP) is 6.03. The first-order valence-electron chi connectivity index (χ1n) is 11.9. The molecule has 0 bridgehead atoms. The molecule has 1 unspecified atom stereocenters. The molecule has 1 aromatic carbocycles. The molecule has 6 nitrogen and oxygen atoms in total. The molecule has 1 aliphatic carbocycles. The average molecular weight is 484 g/mol. The Morgan fingerprint density at radius 1 is 1.21 bits per heavy atom. The Morgan fingerprint density at radius 2 is 1.94 bits per heavy atom. The van der Waals surface area contributed by atoms with Gasteiger partial charge in [0, 0.05) is 47.5 Å². The molecule has 1 fully saturated rings. The Morgan fingerprint density at radius 3 is 2.56 bits per heavy atom. The molecule has 4 rings (SSSR count). The number of allylic oxidation sites excluding steroid dienone is 1. The van der Waals surface area contributed by atoms with E-state index in [0.717, 1.165) is 57.9 Å². The molecule has 182 valence electrons. The second-order valence-electron chi connectivity index (χ2n) is 9.30. The Labute approximate surface area is 205 Å². The molecule has 1 aliphatic heterocycles. The molecule has 2 aromatic rings. The van der Waals surface area contributed by atoms with Crippen LogP contribution in [0.15, 0.2) is 34.5 Å². The van der Waals surface area contributed by atoms with Crippen molar-refractivity contribution in [2.75, 3.05) is 20.3 Å². The van der Waals surface area contributed by atoms with Gasteiger partial charge in [0.2, 0.25) is 0 Å². The predicted molar refractivity (Wildman–Crippen MR) is 136 cm³/mol. The van der Waals surface area contributed by atoms with Crippen molar-refractivity contribution >= 4 is 23.3 Å². The van der Waals surface area contributed by atoms with E-state index in [9.17, 15) is 9.59 Å². The number of esters is 1. The molecule has 1 aromatic heterocycles. The van der Waals surface area contributed by atoms with E-state index >= 15 is 0 Å². The van der Waals surface area contributed by atoms with Crippen LogP contribution in [-0.2, 0) is 9.47 Å². The van der Waals surface area contributed by atoms with Gasteiger partial charge in [0.1, 0.15) is 11.3 Å². The maximum atomic E-state index is 13.6. The summed E-state index contributed by atoms with van der Waals surface area (Å²) >= 11 is 1.71. The van der Waals surface area contributed by atoms with Crippen LogP contribution in [0, 0.1) is 0 Å². The summed E-state index contributed by atoms with van der Waals surface area (Å²) in [5.41, 5.74) is 4.56. The molecule has 2 aliphatic rings. The highest BCUT2D eigenvalue weighted by Gasteiger charge is 2.36. The van der Waals surface area contributed by atoms with Crippen LogP contribution in [0.5, 0.6) is 5.75 Å². The fraction of sp³-hybridized carbons (Fsp3) is 0.481.